The van der Waals surface area contributed by atoms with E-state index in [1.165, 1.54) is 6.42 Å². The predicted molar refractivity (Wildman–Crippen MR) is 58.7 cm³/mol. The Hall–Kier alpha value is -1.70. The van der Waals surface area contributed by atoms with Gasteiger partial charge in [-0.15, -0.1) is 12.3 Å². The molecule has 0 aromatic rings. The molecule has 1 atom stereocenters. The molecule has 0 aromatic heterocycles. The van der Waals surface area contributed by atoms with E-state index >= 15 is 0 Å². The van der Waals surface area contributed by atoms with Crippen molar-refractivity contribution >= 4 is 12.0 Å². The van der Waals surface area contributed by atoms with E-state index in [9.17, 15) is 9.59 Å². The van der Waals surface area contributed by atoms with Crippen LogP contribution in [0.1, 0.15) is 25.7 Å². The van der Waals surface area contributed by atoms with Gasteiger partial charge in [0.25, 0.3) is 0 Å². The maximum Gasteiger partial charge on any atom is 0.327 e. The Bertz CT molecular complexity index is 305. The van der Waals surface area contributed by atoms with Crippen molar-refractivity contribution in [2.75, 3.05) is 6.54 Å². The number of aliphatic carboxylic acids is 1. The molecular weight excluding hydrogens is 208 g/mol. The van der Waals surface area contributed by atoms with Crippen LogP contribution in [-0.2, 0) is 4.79 Å². The van der Waals surface area contributed by atoms with E-state index in [4.69, 9.17) is 11.5 Å². The van der Waals surface area contributed by atoms with Gasteiger partial charge in [0.1, 0.15) is 6.04 Å². The monoisotopic (exact) mass is 224 g/mol. The summed E-state index contributed by atoms with van der Waals surface area (Å²) in [6.45, 7) is 0.605. The Labute approximate surface area is 94.6 Å². The van der Waals surface area contributed by atoms with Crippen molar-refractivity contribution in [2.24, 2.45) is 5.92 Å². The van der Waals surface area contributed by atoms with Crippen LogP contribution in [0.5, 0.6) is 0 Å². The van der Waals surface area contributed by atoms with Crippen molar-refractivity contribution in [3.05, 3.63) is 0 Å². The lowest BCUT2D eigenvalue weighted by Gasteiger charge is -2.25. The molecule has 2 amide bonds. The van der Waals surface area contributed by atoms with E-state index in [0.29, 0.717) is 12.5 Å². The van der Waals surface area contributed by atoms with Crippen LogP contribution in [0.25, 0.3) is 0 Å². The Morgan fingerprint density at radius 2 is 2.19 bits per heavy atom. The topological polar surface area (TPSA) is 78.4 Å². The molecule has 0 aromatic carbocycles. The highest BCUT2D eigenvalue weighted by Gasteiger charge is 2.21. The summed E-state index contributed by atoms with van der Waals surface area (Å²) < 4.78 is 0. The van der Waals surface area contributed by atoms with Crippen LogP contribution in [0, 0.1) is 18.3 Å². The summed E-state index contributed by atoms with van der Waals surface area (Å²) in [5, 5.41) is 13.7. The zero-order valence-corrected chi connectivity index (χ0v) is 9.03. The zero-order valence-electron chi connectivity index (χ0n) is 9.03. The Balaban J connectivity index is 2.24. The summed E-state index contributed by atoms with van der Waals surface area (Å²) in [6, 6.07) is -1.47. The molecule has 88 valence electrons. The predicted octanol–water partition coefficient (Wildman–Crippen LogP) is 0.562. The molecule has 3 N–H and O–H groups in total. The number of carboxylic acids is 1. The fraction of sp³-hybridized carbons (Fsp3) is 0.636. The molecule has 0 heterocycles. The maximum atomic E-state index is 11.3. The zero-order chi connectivity index (χ0) is 12.0. The first kappa shape index (κ1) is 12.4. The normalized spacial score (nSPS) is 16.7. The number of terminal acetylenes is 1. The van der Waals surface area contributed by atoms with Crippen molar-refractivity contribution in [3.63, 3.8) is 0 Å². The van der Waals surface area contributed by atoms with Crippen molar-refractivity contribution in [1.29, 1.82) is 0 Å². The Morgan fingerprint density at radius 3 is 2.62 bits per heavy atom. The van der Waals surface area contributed by atoms with Crippen molar-refractivity contribution < 1.29 is 14.7 Å². The number of carboxylic acid groups (broad SMARTS) is 1. The standard InChI is InChI=1S/C11H16N2O3/c1-2-4-9(10(14)15)13-11(16)12-7-8-5-3-6-8/h1,8-9H,3-7H2,(H,14,15)(H2,12,13,16). The lowest BCUT2D eigenvalue weighted by atomic mass is 9.85. The first-order valence-electron chi connectivity index (χ1n) is 5.34. The maximum absolute atomic E-state index is 11.3. The Kier molecular flexibility index (Phi) is 4.65. The van der Waals surface area contributed by atoms with Crippen molar-refractivity contribution in [2.45, 2.75) is 31.7 Å². The van der Waals surface area contributed by atoms with Gasteiger partial charge in [-0.1, -0.05) is 6.42 Å². The minimum atomic E-state index is -1.11. The fourth-order valence-electron chi connectivity index (χ4n) is 1.46. The van der Waals surface area contributed by atoms with Gasteiger partial charge in [-0.05, 0) is 18.8 Å². The van der Waals surface area contributed by atoms with E-state index in [2.05, 4.69) is 16.6 Å². The van der Waals surface area contributed by atoms with Crippen molar-refractivity contribution in [1.82, 2.24) is 10.6 Å². The number of carbonyl (C=O) groups excluding carboxylic acids is 1. The second-order valence-electron chi connectivity index (χ2n) is 3.95. The number of hydrogen-bond acceptors (Lipinski definition) is 2. The number of amides is 2. The molecule has 5 heteroatoms. The summed E-state index contributed by atoms with van der Waals surface area (Å²) in [7, 11) is 0. The van der Waals surface area contributed by atoms with Gasteiger partial charge in [-0.2, -0.15) is 0 Å². The molecular formula is C11H16N2O3. The van der Waals surface area contributed by atoms with Crippen LogP contribution in [0.4, 0.5) is 4.79 Å². The first-order chi connectivity index (χ1) is 7.63. The van der Waals surface area contributed by atoms with E-state index in [1.807, 2.05) is 0 Å². The van der Waals surface area contributed by atoms with Crippen molar-refractivity contribution in [3.8, 4) is 12.3 Å². The van der Waals surface area contributed by atoms with Crippen LogP contribution in [0.15, 0.2) is 0 Å². The molecule has 16 heavy (non-hydrogen) atoms. The summed E-state index contributed by atoms with van der Waals surface area (Å²) in [5.41, 5.74) is 0. The molecule has 0 bridgehead atoms. The highest BCUT2D eigenvalue weighted by Crippen LogP contribution is 2.24. The van der Waals surface area contributed by atoms with Gasteiger partial charge in [0.2, 0.25) is 0 Å². The molecule has 1 rings (SSSR count). The van der Waals surface area contributed by atoms with Crippen LogP contribution < -0.4 is 10.6 Å². The van der Waals surface area contributed by atoms with Gasteiger partial charge in [-0.25, -0.2) is 9.59 Å². The highest BCUT2D eigenvalue weighted by molar-refractivity contribution is 5.82. The Morgan fingerprint density at radius 1 is 1.50 bits per heavy atom. The van der Waals surface area contributed by atoms with Crippen LogP contribution in [0.2, 0.25) is 0 Å². The lowest BCUT2D eigenvalue weighted by molar-refractivity contribution is -0.139. The van der Waals surface area contributed by atoms with E-state index < -0.39 is 18.0 Å². The molecule has 5 nitrogen and oxygen atoms in total. The summed E-state index contributed by atoms with van der Waals surface area (Å²) in [5.74, 6) is 1.65. The summed E-state index contributed by atoms with van der Waals surface area (Å²) >= 11 is 0. The number of rotatable bonds is 5. The van der Waals surface area contributed by atoms with Gasteiger partial charge < -0.3 is 15.7 Å². The van der Waals surface area contributed by atoms with E-state index in [-0.39, 0.29) is 6.42 Å². The van der Waals surface area contributed by atoms with E-state index in [1.54, 1.807) is 0 Å². The first-order valence-corrected chi connectivity index (χ1v) is 5.34. The number of nitrogens with one attached hydrogen (secondary N) is 2. The third-order valence-electron chi connectivity index (χ3n) is 2.70. The van der Waals surface area contributed by atoms with Gasteiger partial charge in [-0.3, -0.25) is 0 Å². The minimum absolute atomic E-state index is 0.00776. The second-order valence-corrected chi connectivity index (χ2v) is 3.95. The highest BCUT2D eigenvalue weighted by atomic mass is 16.4. The average Bonchev–Trinajstić information content (AvgIpc) is 2.14. The fourth-order valence-corrected chi connectivity index (χ4v) is 1.46. The average molecular weight is 224 g/mol. The molecule has 0 aliphatic heterocycles. The van der Waals surface area contributed by atoms with E-state index in [0.717, 1.165) is 12.8 Å². The quantitative estimate of drug-likeness (QED) is 0.597. The molecule has 0 spiro atoms. The van der Waals surface area contributed by atoms with Crippen LogP contribution in [-0.4, -0.2) is 29.7 Å². The molecule has 0 saturated heterocycles. The molecule has 1 aliphatic rings. The lowest BCUT2D eigenvalue weighted by Crippen LogP contribution is -2.47. The number of urea groups is 1. The van der Waals surface area contributed by atoms with Crippen LogP contribution in [0.3, 0.4) is 0 Å². The van der Waals surface area contributed by atoms with Gasteiger partial charge in [0.05, 0.1) is 0 Å². The van der Waals surface area contributed by atoms with Gasteiger partial charge in [0, 0.05) is 13.0 Å². The molecule has 1 aliphatic carbocycles. The number of hydrogen-bond donors (Lipinski definition) is 3. The molecule has 1 saturated carbocycles. The molecule has 0 radical (unpaired) electrons. The third-order valence-corrected chi connectivity index (χ3v) is 2.70. The molecule has 1 fully saturated rings. The SMILES string of the molecule is C#CCC(NC(=O)NCC1CCC1)C(=O)O. The largest absolute Gasteiger partial charge is 0.480 e. The summed E-state index contributed by atoms with van der Waals surface area (Å²) in [6.07, 6.45) is 8.48. The molecule has 1 unspecified atom stereocenters. The minimum Gasteiger partial charge on any atom is -0.480 e. The van der Waals surface area contributed by atoms with Gasteiger partial charge in [0.15, 0.2) is 0 Å². The third kappa shape index (κ3) is 3.81. The van der Waals surface area contributed by atoms with Crippen LogP contribution >= 0.6 is 0 Å². The summed E-state index contributed by atoms with van der Waals surface area (Å²) in [4.78, 5) is 22.0. The van der Waals surface area contributed by atoms with Gasteiger partial charge >= 0.3 is 12.0 Å². The second kappa shape index (κ2) is 6.01. The number of carbonyl (C=O) groups is 2. The smallest absolute Gasteiger partial charge is 0.327 e.